The van der Waals surface area contributed by atoms with E-state index in [1.165, 1.54) is 24.3 Å². The van der Waals surface area contributed by atoms with Gasteiger partial charge in [0, 0.05) is 22.7 Å². The van der Waals surface area contributed by atoms with E-state index in [-0.39, 0.29) is 0 Å². The van der Waals surface area contributed by atoms with Crippen molar-refractivity contribution in [3.05, 3.63) is 0 Å². The van der Waals surface area contributed by atoms with Gasteiger partial charge in [0.05, 0.1) is 5.25 Å². The maximum atomic E-state index is 12.3. The summed E-state index contributed by atoms with van der Waals surface area (Å²) < 4.78 is 0. The lowest BCUT2D eigenvalue weighted by Gasteiger charge is -2.30. The quantitative estimate of drug-likeness (QED) is 0.757. The zero-order valence-electron chi connectivity index (χ0n) is 9.41. The zero-order valence-corrected chi connectivity index (χ0v) is 11.0. The summed E-state index contributed by atoms with van der Waals surface area (Å²) in [4.78, 5) is 12.3. The average Bonchev–Trinajstić information content (AvgIpc) is 2.81. The van der Waals surface area contributed by atoms with Crippen LogP contribution in [0.2, 0.25) is 0 Å². The first-order chi connectivity index (χ1) is 7.33. The molecule has 0 N–H and O–H groups in total. The molecule has 0 aromatic rings. The van der Waals surface area contributed by atoms with Crippen LogP contribution in [0.3, 0.4) is 0 Å². The second kappa shape index (κ2) is 5.62. The molecule has 0 spiro atoms. The molecule has 15 heavy (non-hydrogen) atoms. The molecule has 0 aromatic heterocycles. The van der Waals surface area contributed by atoms with Gasteiger partial charge in [-0.3, -0.25) is 4.79 Å². The van der Waals surface area contributed by atoms with Gasteiger partial charge < -0.3 is 0 Å². The first-order valence-electron chi connectivity index (χ1n) is 6.10. The maximum absolute atomic E-state index is 12.3. The summed E-state index contributed by atoms with van der Waals surface area (Å²) in [6.07, 6.45) is 6.03. The zero-order chi connectivity index (χ0) is 10.7. The van der Waals surface area contributed by atoms with E-state index < -0.39 is 0 Å². The minimum Gasteiger partial charge on any atom is -0.298 e. The van der Waals surface area contributed by atoms with Gasteiger partial charge in [0.15, 0.2) is 0 Å². The van der Waals surface area contributed by atoms with E-state index in [2.05, 4.69) is 6.92 Å². The largest absolute Gasteiger partial charge is 0.298 e. The third kappa shape index (κ3) is 2.73. The van der Waals surface area contributed by atoms with E-state index in [1.54, 1.807) is 0 Å². The van der Waals surface area contributed by atoms with Gasteiger partial charge in [-0.15, -0.1) is 11.8 Å². The van der Waals surface area contributed by atoms with Crippen molar-refractivity contribution in [3.63, 3.8) is 0 Å². The molecule has 0 bridgehead atoms. The molecule has 2 fully saturated rings. The van der Waals surface area contributed by atoms with Crippen LogP contribution in [0.4, 0.5) is 0 Å². The van der Waals surface area contributed by atoms with Gasteiger partial charge in [-0.05, 0) is 19.3 Å². The van der Waals surface area contributed by atoms with E-state index >= 15 is 0 Å². The van der Waals surface area contributed by atoms with Crippen LogP contribution in [0.15, 0.2) is 0 Å². The van der Waals surface area contributed by atoms with Crippen LogP contribution in [-0.4, -0.2) is 27.8 Å². The predicted molar refractivity (Wildman–Crippen MR) is 69.7 cm³/mol. The number of carbonyl (C=O) groups is 1. The van der Waals surface area contributed by atoms with Crippen molar-refractivity contribution in [1.82, 2.24) is 0 Å². The van der Waals surface area contributed by atoms with Crippen molar-refractivity contribution in [2.45, 2.75) is 49.5 Å². The van der Waals surface area contributed by atoms with Gasteiger partial charge in [-0.1, -0.05) is 19.8 Å². The molecule has 1 nitrogen and oxygen atoms in total. The molecular weight excluding hydrogens is 224 g/mol. The topological polar surface area (TPSA) is 17.1 Å². The van der Waals surface area contributed by atoms with Crippen molar-refractivity contribution < 1.29 is 4.79 Å². The third-order valence-corrected chi connectivity index (χ3v) is 6.75. The van der Waals surface area contributed by atoms with Crippen molar-refractivity contribution >= 4 is 29.3 Å². The Morgan fingerprint density at radius 3 is 2.53 bits per heavy atom. The number of thioether (sulfide) groups is 2. The second-order valence-corrected chi connectivity index (χ2v) is 7.09. The number of hydrogen-bond donors (Lipinski definition) is 0. The Balaban J connectivity index is 1.96. The Labute approximate surface area is 101 Å². The van der Waals surface area contributed by atoms with Crippen molar-refractivity contribution in [2.75, 3.05) is 11.5 Å². The lowest BCUT2D eigenvalue weighted by molar-refractivity contribution is -0.122. The molecule has 0 radical (unpaired) electrons. The van der Waals surface area contributed by atoms with Crippen LogP contribution >= 0.6 is 23.5 Å². The first kappa shape index (κ1) is 11.8. The smallest absolute Gasteiger partial charge is 0.150 e. The van der Waals surface area contributed by atoms with Crippen molar-refractivity contribution in [2.24, 2.45) is 5.92 Å². The Bertz CT molecular complexity index is 224. The fourth-order valence-electron chi connectivity index (χ4n) is 2.61. The van der Waals surface area contributed by atoms with Crippen LogP contribution in [0.25, 0.3) is 0 Å². The van der Waals surface area contributed by atoms with Gasteiger partial charge in [-0.2, -0.15) is 11.8 Å². The summed E-state index contributed by atoms with van der Waals surface area (Å²) in [6, 6.07) is 0. The van der Waals surface area contributed by atoms with Crippen LogP contribution < -0.4 is 0 Å². The van der Waals surface area contributed by atoms with E-state index in [9.17, 15) is 4.79 Å². The summed E-state index contributed by atoms with van der Waals surface area (Å²) >= 11 is 3.94. The highest BCUT2D eigenvalue weighted by atomic mass is 32.2. The van der Waals surface area contributed by atoms with Crippen molar-refractivity contribution in [1.29, 1.82) is 0 Å². The SMILES string of the molecule is CCC1SCCSC1C(=O)C1CCCC1. The van der Waals surface area contributed by atoms with Crippen LogP contribution in [0.1, 0.15) is 39.0 Å². The molecule has 0 amide bonds. The summed E-state index contributed by atoms with van der Waals surface area (Å²) in [5, 5.41) is 0.911. The number of carbonyl (C=O) groups excluding carboxylic acids is 1. The molecule has 1 heterocycles. The van der Waals surface area contributed by atoms with E-state index in [4.69, 9.17) is 0 Å². The van der Waals surface area contributed by atoms with Crippen LogP contribution in [0, 0.1) is 5.92 Å². The number of rotatable bonds is 3. The minimum absolute atomic E-state index is 0.317. The Kier molecular flexibility index (Phi) is 4.44. The van der Waals surface area contributed by atoms with Crippen molar-refractivity contribution in [3.8, 4) is 0 Å². The molecule has 2 rings (SSSR count). The van der Waals surface area contributed by atoms with Gasteiger partial charge in [0.2, 0.25) is 0 Å². The maximum Gasteiger partial charge on any atom is 0.150 e. The predicted octanol–water partition coefficient (Wildman–Crippen LogP) is 3.37. The molecule has 2 atom stereocenters. The summed E-state index contributed by atoms with van der Waals surface area (Å²) in [5.74, 6) is 3.40. The molecule has 1 aliphatic carbocycles. The molecule has 0 aromatic carbocycles. The molecule has 3 heteroatoms. The molecule has 86 valence electrons. The van der Waals surface area contributed by atoms with E-state index in [0.29, 0.717) is 22.2 Å². The number of ketones is 1. The van der Waals surface area contributed by atoms with Gasteiger partial charge in [0.25, 0.3) is 0 Å². The lowest BCUT2D eigenvalue weighted by Crippen LogP contribution is -2.36. The Morgan fingerprint density at radius 2 is 1.87 bits per heavy atom. The highest BCUT2D eigenvalue weighted by molar-refractivity contribution is 8.07. The second-order valence-electron chi connectivity index (χ2n) is 4.49. The normalized spacial score (nSPS) is 33.1. The van der Waals surface area contributed by atoms with E-state index in [0.717, 1.165) is 19.3 Å². The number of hydrogen-bond acceptors (Lipinski definition) is 3. The third-order valence-electron chi connectivity index (χ3n) is 3.49. The molecule has 1 saturated heterocycles. The molecule has 1 saturated carbocycles. The monoisotopic (exact) mass is 244 g/mol. The van der Waals surface area contributed by atoms with Gasteiger partial charge in [-0.25, -0.2) is 0 Å². The van der Waals surface area contributed by atoms with Crippen LogP contribution in [0.5, 0.6) is 0 Å². The van der Waals surface area contributed by atoms with Gasteiger partial charge in [0.1, 0.15) is 5.78 Å². The number of Topliss-reactive ketones (excluding diaryl/α,β-unsaturated/α-hetero) is 1. The van der Waals surface area contributed by atoms with E-state index in [1.807, 2.05) is 23.5 Å². The highest BCUT2D eigenvalue weighted by Crippen LogP contribution is 2.38. The summed E-state index contributed by atoms with van der Waals surface area (Å²) in [5.41, 5.74) is 0. The minimum atomic E-state index is 0.317. The average molecular weight is 244 g/mol. The standard InChI is InChI=1S/C12H20OS2/c1-2-10-12(15-8-7-14-10)11(13)9-5-3-4-6-9/h9-10,12H,2-8H2,1H3. The summed E-state index contributed by atoms with van der Waals surface area (Å²) in [6.45, 7) is 2.22. The molecule has 2 unspecified atom stereocenters. The fraction of sp³-hybridized carbons (Fsp3) is 0.917. The Hall–Kier alpha value is 0.370. The molecule has 2 aliphatic rings. The lowest BCUT2D eigenvalue weighted by atomic mass is 9.97. The molecule has 1 aliphatic heterocycles. The highest BCUT2D eigenvalue weighted by Gasteiger charge is 2.35. The molecular formula is C12H20OS2. The Morgan fingerprint density at radius 1 is 1.20 bits per heavy atom. The van der Waals surface area contributed by atoms with Gasteiger partial charge >= 0.3 is 0 Å². The van der Waals surface area contributed by atoms with Crippen LogP contribution in [-0.2, 0) is 4.79 Å². The summed E-state index contributed by atoms with van der Waals surface area (Å²) in [7, 11) is 0. The fourth-order valence-corrected chi connectivity index (χ4v) is 5.72. The first-order valence-corrected chi connectivity index (χ1v) is 8.19.